The van der Waals surface area contributed by atoms with Crippen molar-refractivity contribution < 1.29 is 14.3 Å². The quantitative estimate of drug-likeness (QED) is 0.134. The van der Waals surface area contributed by atoms with Crippen molar-refractivity contribution in [2.45, 2.75) is 59.3 Å². The van der Waals surface area contributed by atoms with Gasteiger partial charge in [0.2, 0.25) is 0 Å². The zero-order chi connectivity index (χ0) is 18.0. The summed E-state index contributed by atoms with van der Waals surface area (Å²) in [7, 11) is 1.43. The van der Waals surface area contributed by atoms with Gasteiger partial charge in [-0.05, 0) is 32.1 Å². The fourth-order valence-corrected chi connectivity index (χ4v) is 2.07. The van der Waals surface area contributed by atoms with Gasteiger partial charge >= 0.3 is 5.97 Å². The summed E-state index contributed by atoms with van der Waals surface area (Å²) in [6.45, 7) is 10.5. The van der Waals surface area contributed by atoms with Crippen molar-refractivity contribution in [3.8, 4) is 0 Å². The maximum absolute atomic E-state index is 11.0. The molecule has 6 nitrogen and oxygen atoms in total. The van der Waals surface area contributed by atoms with Crippen LogP contribution in [-0.4, -0.2) is 51.9 Å². The third kappa shape index (κ3) is 19.6. The molecule has 0 aliphatic carbocycles. The molecule has 0 radical (unpaired) electrons. The lowest BCUT2D eigenvalue weighted by Crippen LogP contribution is -2.37. The molecule has 0 bridgehead atoms. The van der Waals surface area contributed by atoms with E-state index in [0.717, 1.165) is 70.9 Å². The molecule has 0 aliphatic heterocycles. The fourth-order valence-electron chi connectivity index (χ4n) is 2.07. The van der Waals surface area contributed by atoms with Crippen molar-refractivity contribution in [2.24, 2.45) is 10.9 Å². The molecule has 0 amide bonds. The average Bonchev–Trinajstić information content (AvgIpc) is 2.56. The number of carbonyl (C=O) groups is 1. The average molecular weight is 471 g/mol. The monoisotopic (exact) mass is 471 g/mol. The van der Waals surface area contributed by atoms with Gasteiger partial charge in [0.25, 0.3) is 0 Å². The Morgan fingerprint density at radius 1 is 1.08 bits per heavy atom. The maximum atomic E-state index is 11.0. The second-order valence-corrected chi connectivity index (χ2v) is 6.25. The minimum atomic E-state index is -0.118. The van der Waals surface area contributed by atoms with Crippen LogP contribution >= 0.6 is 24.0 Å². The van der Waals surface area contributed by atoms with Crippen LogP contribution in [0.15, 0.2) is 4.99 Å². The summed E-state index contributed by atoms with van der Waals surface area (Å²) in [5, 5.41) is 6.60. The van der Waals surface area contributed by atoms with Crippen LogP contribution in [0.2, 0.25) is 0 Å². The first-order chi connectivity index (χ1) is 11.6. The highest BCUT2D eigenvalue weighted by molar-refractivity contribution is 14.0. The van der Waals surface area contributed by atoms with Crippen molar-refractivity contribution in [2.75, 3.05) is 40.0 Å². The van der Waals surface area contributed by atoms with Gasteiger partial charge in [0.15, 0.2) is 5.96 Å². The zero-order valence-corrected chi connectivity index (χ0v) is 18.8. The van der Waals surface area contributed by atoms with E-state index < -0.39 is 0 Å². The minimum absolute atomic E-state index is 0. The van der Waals surface area contributed by atoms with E-state index in [4.69, 9.17) is 4.74 Å². The Bertz CT molecular complexity index is 340. The molecule has 150 valence electrons. The summed E-state index contributed by atoms with van der Waals surface area (Å²) in [5.74, 6) is 1.34. The van der Waals surface area contributed by atoms with Gasteiger partial charge in [0.05, 0.1) is 7.11 Å². The molecule has 0 aliphatic rings. The molecule has 0 rings (SSSR count). The van der Waals surface area contributed by atoms with Crippen LogP contribution in [0.5, 0.6) is 0 Å². The molecule has 7 heteroatoms. The van der Waals surface area contributed by atoms with Crippen LogP contribution in [0.25, 0.3) is 0 Å². The van der Waals surface area contributed by atoms with Gasteiger partial charge in [0.1, 0.15) is 0 Å². The van der Waals surface area contributed by atoms with E-state index in [1.165, 1.54) is 7.11 Å². The Kier molecular flexibility index (Phi) is 21.1. The number of guanidine groups is 1. The van der Waals surface area contributed by atoms with Crippen molar-refractivity contribution in [1.29, 1.82) is 0 Å². The molecule has 25 heavy (non-hydrogen) atoms. The Balaban J connectivity index is 0. The predicted molar refractivity (Wildman–Crippen MR) is 115 cm³/mol. The highest BCUT2D eigenvalue weighted by atomic mass is 127. The number of aliphatic imine (C=N–C) groups is 1. The van der Waals surface area contributed by atoms with Gasteiger partial charge in [-0.1, -0.05) is 26.7 Å². The van der Waals surface area contributed by atoms with E-state index in [0.29, 0.717) is 12.3 Å². The third-order valence-corrected chi connectivity index (χ3v) is 3.34. The number of hydrogen-bond donors (Lipinski definition) is 2. The van der Waals surface area contributed by atoms with Crippen molar-refractivity contribution >= 4 is 35.9 Å². The number of nitrogens with one attached hydrogen (secondary N) is 2. The number of esters is 1. The van der Waals surface area contributed by atoms with E-state index >= 15 is 0 Å². The lowest BCUT2D eigenvalue weighted by molar-refractivity contribution is -0.140. The molecule has 0 saturated heterocycles. The number of rotatable bonds is 14. The normalized spacial score (nSPS) is 11.2. The van der Waals surface area contributed by atoms with Crippen LogP contribution in [0, 0.1) is 5.92 Å². The highest BCUT2D eigenvalue weighted by Crippen LogP contribution is 2.03. The topological polar surface area (TPSA) is 72.0 Å². The van der Waals surface area contributed by atoms with Crippen molar-refractivity contribution in [3.05, 3.63) is 0 Å². The fraction of sp³-hybridized carbons (Fsp3) is 0.889. The minimum Gasteiger partial charge on any atom is -0.469 e. The second kappa shape index (κ2) is 19.8. The van der Waals surface area contributed by atoms with Crippen LogP contribution in [0.1, 0.15) is 59.3 Å². The van der Waals surface area contributed by atoms with Crippen LogP contribution in [0.3, 0.4) is 0 Å². The third-order valence-electron chi connectivity index (χ3n) is 3.34. The summed E-state index contributed by atoms with van der Waals surface area (Å²) < 4.78 is 10.2. The highest BCUT2D eigenvalue weighted by Gasteiger charge is 2.00. The first kappa shape index (κ1) is 26.7. The lowest BCUT2D eigenvalue weighted by atomic mass is 10.1. The van der Waals surface area contributed by atoms with E-state index in [9.17, 15) is 4.79 Å². The molecule has 0 aromatic carbocycles. The Morgan fingerprint density at radius 3 is 2.44 bits per heavy atom. The second-order valence-electron chi connectivity index (χ2n) is 6.25. The van der Waals surface area contributed by atoms with Gasteiger partial charge in [-0.15, -0.1) is 24.0 Å². The first-order valence-electron chi connectivity index (χ1n) is 9.26. The molecule has 0 fully saturated rings. The summed E-state index contributed by atoms with van der Waals surface area (Å²) in [6, 6.07) is 0. The number of halogens is 1. The SMILES string of the molecule is CCNC(=NCCCOCC(C)C)NCCCCCCC(=O)OC.I. The molecule has 0 unspecified atom stereocenters. The van der Waals surface area contributed by atoms with E-state index in [2.05, 4.69) is 41.1 Å². The van der Waals surface area contributed by atoms with E-state index in [1.807, 2.05) is 0 Å². The predicted octanol–water partition coefficient (Wildman–Crippen LogP) is 3.35. The number of methoxy groups -OCH3 is 1. The molecular weight excluding hydrogens is 433 g/mol. The molecule has 0 atom stereocenters. The molecule has 0 aromatic rings. The zero-order valence-electron chi connectivity index (χ0n) is 16.4. The van der Waals surface area contributed by atoms with Gasteiger partial charge in [-0.25, -0.2) is 0 Å². The summed E-state index contributed by atoms with van der Waals surface area (Å²) in [6.07, 6.45) is 5.59. The number of unbranched alkanes of at least 4 members (excludes halogenated alkanes) is 3. The molecule has 0 aromatic heterocycles. The largest absolute Gasteiger partial charge is 0.469 e. The standard InChI is InChI=1S/C18H37N3O3.HI/c1-5-19-18(21-13-10-14-24-15-16(2)3)20-12-9-7-6-8-11-17(22)23-4;/h16H,5-15H2,1-4H3,(H2,19,20,21);1H. The molecule has 0 spiro atoms. The smallest absolute Gasteiger partial charge is 0.305 e. The van der Waals surface area contributed by atoms with Crippen LogP contribution in [0.4, 0.5) is 0 Å². The lowest BCUT2D eigenvalue weighted by Gasteiger charge is -2.11. The molecule has 2 N–H and O–H groups in total. The summed E-state index contributed by atoms with van der Waals surface area (Å²) in [4.78, 5) is 15.5. The first-order valence-corrected chi connectivity index (χ1v) is 9.26. The Labute approximate surface area is 170 Å². The number of carbonyl (C=O) groups excluding carboxylic acids is 1. The molecule has 0 heterocycles. The van der Waals surface area contributed by atoms with Crippen molar-refractivity contribution in [1.82, 2.24) is 10.6 Å². The number of hydrogen-bond acceptors (Lipinski definition) is 4. The van der Waals surface area contributed by atoms with Gasteiger partial charge in [0, 0.05) is 39.3 Å². The van der Waals surface area contributed by atoms with Gasteiger partial charge in [-0.2, -0.15) is 0 Å². The van der Waals surface area contributed by atoms with Crippen LogP contribution < -0.4 is 10.6 Å². The van der Waals surface area contributed by atoms with Crippen LogP contribution in [-0.2, 0) is 14.3 Å². The van der Waals surface area contributed by atoms with E-state index in [1.54, 1.807) is 0 Å². The van der Waals surface area contributed by atoms with Crippen molar-refractivity contribution in [3.63, 3.8) is 0 Å². The Hall–Kier alpha value is -0.570. The summed E-state index contributed by atoms with van der Waals surface area (Å²) in [5.41, 5.74) is 0. The Morgan fingerprint density at radius 2 is 1.80 bits per heavy atom. The number of ether oxygens (including phenoxy) is 2. The molecule has 0 saturated carbocycles. The maximum Gasteiger partial charge on any atom is 0.305 e. The molecular formula is C18H38IN3O3. The van der Waals surface area contributed by atoms with E-state index in [-0.39, 0.29) is 29.9 Å². The van der Waals surface area contributed by atoms with Gasteiger partial charge in [-0.3, -0.25) is 9.79 Å². The summed E-state index contributed by atoms with van der Waals surface area (Å²) >= 11 is 0. The van der Waals surface area contributed by atoms with Gasteiger partial charge < -0.3 is 20.1 Å². The number of nitrogens with zero attached hydrogens (tertiary/aromatic N) is 1.